The molecule has 0 radical (unpaired) electrons. The number of hydrogen-bond donors (Lipinski definition) is 1. The zero-order valence-corrected chi connectivity index (χ0v) is 12.9. The maximum atomic E-state index is 12.0. The molecule has 0 atom stereocenters. The molecule has 2 heterocycles. The van der Waals surface area contributed by atoms with Crippen molar-refractivity contribution in [1.29, 1.82) is 0 Å². The van der Waals surface area contributed by atoms with Crippen molar-refractivity contribution < 1.29 is 9.59 Å². The quantitative estimate of drug-likeness (QED) is 0.651. The van der Waals surface area contributed by atoms with Crippen molar-refractivity contribution in [2.75, 3.05) is 31.1 Å². The molecule has 0 aromatic carbocycles. The Balaban J connectivity index is 1.91. The molecule has 1 N–H and O–H groups in total. The van der Waals surface area contributed by atoms with E-state index in [1.807, 2.05) is 19.9 Å². The van der Waals surface area contributed by atoms with Gasteiger partial charge in [0.05, 0.1) is 0 Å². The maximum absolute atomic E-state index is 12.0. The summed E-state index contributed by atoms with van der Waals surface area (Å²) in [6.45, 7) is 6.03. The van der Waals surface area contributed by atoms with Crippen LogP contribution in [0.1, 0.15) is 13.8 Å². The van der Waals surface area contributed by atoms with E-state index in [4.69, 9.17) is 11.6 Å². The van der Waals surface area contributed by atoms with Gasteiger partial charge in [-0.1, -0.05) is 11.6 Å². The van der Waals surface area contributed by atoms with Gasteiger partial charge in [0.2, 0.25) is 0 Å². The van der Waals surface area contributed by atoms with E-state index in [9.17, 15) is 9.59 Å². The molecule has 1 aromatic rings. The zero-order valence-electron chi connectivity index (χ0n) is 12.2. The number of anilines is 1. The fraction of sp³-hybridized carbons (Fsp3) is 0.500. The predicted molar refractivity (Wildman–Crippen MR) is 81.3 cm³/mol. The first-order valence-corrected chi connectivity index (χ1v) is 7.31. The second kappa shape index (κ2) is 6.76. The average molecular weight is 311 g/mol. The van der Waals surface area contributed by atoms with Crippen LogP contribution >= 0.6 is 11.6 Å². The van der Waals surface area contributed by atoms with Crippen molar-refractivity contribution >= 4 is 29.1 Å². The smallest absolute Gasteiger partial charge is 0.312 e. The highest BCUT2D eigenvalue weighted by Gasteiger charge is 2.26. The van der Waals surface area contributed by atoms with Crippen molar-refractivity contribution in [3.8, 4) is 0 Å². The van der Waals surface area contributed by atoms with Gasteiger partial charge in [-0.2, -0.15) is 0 Å². The molecule has 0 spiro atoms. The van der Waals surface area contributed by atoms with Crippen molar-refractivity contribution in [3.05, 3.63) is 23.5 Å². The van der Waals surface area contributed by atoms with E-state index in [-0.39, 0.29) is 6.04 Å². The van der Waals surface area contributed by atoms with Crippen LogP contribution in [0.2, 0.25) is 5.15 Å². The molecule has 7 heteroatoms. The van der Waals surface area contributed by atoms with E-state index in [2.05, 4.69) is 15.2 Å². The Kier molecular flexibility index (Phi) is 5.01. The van der Waals surface area contributed by atoms with Crippen LogP contribution in [0.25, 0.3) is 0 Å². The summed E-state index contributed by atoms with van der Waals surface area (Å²) >= 11 is 5.88. The molecule has 2 amide bonds. The Morgan fingerprint density at radius 1 is 1.29 bits per heavy atom. The number of hydrogen-bond acceptors (Lipinski definition) is 4. The minimum absolute atomic E-state index is 0.0401. The van der Waals surface area contributed by atoms with Crippen LogP contribution in [-0.4, -0.2) is 53.9 Å². The minimum atomic E-state index is -0.537. The van der Waals surface area contributed by atoms with E-state index in [1.165, 1.54) is 0 Å². The van der Waals surface area contributed by atoms with Crippen molar-refractivity contribution in [2.24, 2.45) is 0 Å². The summed E-state index contributed by atoms with van der Waals surface area (Å²) in [5.41, 5.74) is 0.980. The number of halogens is 1. The van der Waals surface area contributed by atoms with Crippen molar-refractivity contribution in [1.82, 2.24) is 15.2 Å². The number of aromatic nitrogens is 1. The number of carbonyl (C=O) groups is 2. The van der Waals surface area contributed by atoms with Gasteiger partial charge in [-0.15, -0.1) is 0 Å². The summed E-state index contributed by atoms with van der Waals surface area (Å²) in [5.74, 6) is -0.999. The molecule has 0 unspecified atom stereocenters. The molecule has 114 valence electrons. The second-order valence-electron chi connectivity index (χ2n) is 5.24. The molecule has 1 aliphatic heterocycles. The van der Waals surface area contributed by atoms with E-state index >= 15 is 0 Å². The van der Waals surface area contributed by atoms with E-state index in [1.54, 1.807) is 17.2 Å². The molecule has 1 fully saturated rings. The monoisotopic (exact) mass is 310 g/mol. The third-order valence-corrected chi connectivity index (χ3v) is 3.46. The predicted octanol–water partition coefficient (Wildman–Crippen LogP) is 0.908. The van der Waals surface area contributed by atoms with Crippen LogP contribution in [0.3, 0.4) is 0 Å². The van der Waals surface area contributed by atoms with Gasteiger partial charge in [-0.05, 0) is 26.0 Å². The molecule has 0 bridgehead atoms. The Morgan fingerprint density at radius 2 is 1.95 bits per heavy atom. The summed E-state index contributed by atoms with van der Waals surface area (Å²) < 4.78 is 0. The first-order chi connectivity index (χ1) is 9.97. The summed E-state index contributed by atoms with van der Waals surface area (Å²) in [6, 6.07) is 3.64. The molecular weight excluding hydrogens is 292 g/mol. The standard InChI is InChI=1S/C14H19ClN4O2/c1-10(2)17-13(20)14(21)19-7-5-18(6-8-19)11-3-4-16-12(15)9-11/h3-4,9-10H,5-8H2,1-2H3,(H,17,20). The molecular formula is C14H19ClN4O2. The number of nitrogens with zero attached hydrogens (tertiary/aromatic N) is 3. The van der Waals surface area contributed by atoms with Gasteiger partial charge in [0, 0.05) is 44.1 Å². The Labute approximate surface area is 129 Å². The highest BCUT2D eigenvalue weighted by molar-refractivity contribution is 6.35. The van der Waals surface area contributed by atoms with Crippen LogP contribution in [0.15, 0.2) is 18.3 Å². The summed E-state index contributed by atoms with van der Waals surface area (Å²) in [5, 5.41) is 3.07. The zero-order chi connectivity index (χ0) is 15.4. The summed E-state index contributed by atoms with van der Waals surface area (Å²) in [4.78, 5) is 31.4. The number of carbonyl (C=O) groups excluding carboxylic acids is 2. The Bertz CT molecular complexity index is 527. The second-order valence-corrected chi connectivity index (χ2v) is 5.63. The fourth-order valence-electron chi connectivity index (χ4n) is 2.22. The Morgan fingerprint density at radius 3 is 2.52 bits per heavy atom. The molecule has 2 rings (SSSR count). The molecule has 21 heavy (non-hydrogen) atoms. The van der Waals surface area contributed by atoms with Crippen LogP contribution in [0.4, 0.5) is 5.69 Å². The van der Waals surface area contributed by atoms with E-state index < -0.39 is 11.8 Å². The van der Waals surface area contributed by atoms with Gasteiger partial charge in [-0.25, -0.2) is 4.98 Å². The largest absolute Gasteiger partial charge is 0.368 e. The lowest BCUT2D eigenvalue weighted by atomic mass is 10.2. The lowest BCUT2D eigenvalue weighted by Gasteiger charge is -2.35. The molecule has 0 aliphatic carbocycles. The number of amides is 2. The van der Waals surface area contributed by atoms with Crippen LogP contribution in [-0.2, 0) is 9.59 Å². The molecule has 1 aliphatic rings. The lowest BCUT2D eigenvalue weighted by molar-refractivity contribution is -0.146. The van der Waals surface area contributed by atoms with E-state index in [0.29, 0.717) is 31.3 Å². The first kappa shape index (κ1) is 15.6. The number of rotatable bonds is 2. The lowest BCUT2D eigenvalue weighted by Crippen LogP contribution is -2.53. The molecule has 1 aromatic heterocycles. The highest BCUT2D eigenvalue weighted by atomic mass is 35.5. The first-order valence-electron chi connectivity index (χ1n) is 6.93. The molecule has 0 saturated carbocycles. The topological polar surface area (TPSA) is 65.5 Å². The number of nitrogens with one attached hydrogen (secondary N) is 1. The van der Waals surface area contributed by atoms with Gasteiger partial charge in [0.15, 0.2) is 0 Å². The third kappa shape index (κ3) is 4.07. The number of pyridine rings is 1. The van der Waals surface area contributed by atoms with Crippen molar-refractivity contribution in [3.63, 3.8) is 0 Å². The number of piperazine rings is 1. The van der Waals surface area contributed by atoms with Crippen molar-refractivity contribution in [2.45, 2.75) is 19.9 Å². The van der Waals surface area contributed by atoms with Crippen LogP contribution < -0.4 is 10.2 Å². The summed E-state index contributed by atoms with van der Waals surface area (Å²) in [7, 11) is 0. The third-order valence-electron chi connectivity index (χ3n) is 3.26. The van der Waals surface area contributed by atoms with Crippen LogP contribution in [0.5, 0.6) is 0 Å². The summed E-state index contributed by atoms with van der Waals surface area (Å²) in [6.07, 6.45) is 1.66. The normalized spacial score (nSPS) is 15.2. The van der Waals surface area contributed by atoms with Gasteiger partial charge in [-0.3, -0.25) is 9.59 Å². The van der Waals surface area contributed by atoms with Crippen LogP contribution in [0, 0.1) is 0 Å². The van der Waals surface area contributed by atoms with Gasteiger partial charge in [0.25, 0.3) is 0 Å². The van der Waals surface area contributed by atoms with E-state index in [0.717, 1.165) is 5.69 Å². The maximum Gasteiger partial charge on any atom is 0.312 e. The Hall–Kier alpha value is -1.82. The molecule has 6 nitrogen and oxygen atoms in total. The average Bonchev–Trinajstić information content (AvgIpc) is 2.46. The SMILES string of the molecule is CC(C)NC(=O)C(=O)N1CCN(c2ccnc(Cl)c2)CC1. The van der Waals surface area contributed by atoms with Gasteiger partial charge in [0.1, 0.15) is 5.15 Å². The fourth-order valence-corrected chi connectivity index (χ4v) is 2.39. The van der Waals surface area contributed by atoms with Gasteiger partial charge < -0.3 is 15.1 Å². The molecule has 1 saturated heterocycles. The van der Waals surface area contributed by atoms with Gasteiger partial charge >= 0.3 is 11.8 Å². The highest BCUT2D eigenvalue weighted by Crippen LogP contribution is 2.18. The minimum Gasteiger partial charge on any atom is -0.368 e.